The van der Waals surface area contributed by atoms with Gasteiger partial charge in [0.05, 0.1) is 26.6 Å². The average molecular weight is 345 g/mol. The second-order valence-electron chi connectivity index (χ2n) is 4.25. The van der Waals surface area contributed by atoms with Crippen molar-refractivity contribution >= 4 is 27.5 Å². The first-order valence-electron chi connectivity index (χ1n) is 6.04. The lowest BCUT2D eigenvalue weighted by Gasteiger charge is -2.13. The summed E-state index contributed by atoms with van der Waals surface area (Å²) in [6.07, 6.45) is 1.31. The summed E-state index contributed by atoms with van der Waals surface area (Å²) in [4.78, 5) is 4.14. The zero-order valence-corrected chi connectivity index (χ0v) is 13.1. The second kappa shape index (κ2) is 6.03. The molecule has 1 atom stereocenters. The summed E-state index contributed by atoms with van der Waals surface area (Å²) in [6, 6.07) is 3.47. The highest BCUT2D eigenvalue weighted by atomic mass is 79.9. The smallest absolute Gasteiger partial charge is 0.103 e. The average Bonchev–Trinajstić information content (AvgIpc) is 2.67. The van der Waals surface area contributed by atoms with Crippen LogP contribution in [-0.2, 0) is 13.0 Å². The molecule has 102 valence electrons. The van der Waals surface area contributed by atoms with Gasteiger partial charge in [-0.05, 0) is 41.9 Å². The van der Waals surface area contributed by atoms with Gasteiger partial charge < -0.3 is 5.11 Å². The van der Waals surface area contributed by atoms with Crippen molar-refractivity contribution < 1.29 is 5.11 Å². The van der Waals surface area contributed by atoms with Crippen molar-refractivity contribution in [1.82, 2.24) is 14.8 Å². The Morgan fingerprint density at radius 1 is 1.53 bits per heavy atom. The Balaban J connectivity index is 2.29. The highest BCUT2D eigenvalue weighted by Gasteiger charge is 2.19. The number of aryl methyl sites for hydroxylation is 2. The molecule has 1 N–H and O–H groups in total. The van der Waals surface area contributed by atoms with Crippen molar-refractivity contribution in [2.45, 2.75) is 32.9 Å². The van der Waals surface area contributed by atoms with Crippen LogP contribution in [0.1, 0.15) is 30.1 Å². The molecular formula is C13H15BrClN3O. The van der Waals surface area contributed by atoms with Crippen molar-refractivity contribution in [3.8, 4) is 0 Å². The number of rotatable bonds is 4. The van der Waals surface area contributed by atoms with Gasteiger partial charge in [0.2, 0.25) is 0 Å². The molecule has 6 heteroatoms. The van der Waals surface area contributed by atoms with Crippen molar-refractivity contribution in [3.05, 3.63) is 44.9 Å². The Hall–Kier alpha value is -0.910. The maximum Gasteiger partial charge on any atom is 0.103 e. The molecule has 0 aromatic carbocycles. The monoisotopic (exact) mass is 343 g/mol. The number of aliphatic hydroxyl groups excluding tert-OH is 1. The summed E-state index contributed by atoms with van der Waals surface area (Å²) in [7, 11) is 0. The van der Waals surface area contributed by atoms with E-state index < -0.39 is 6.10 Å². The van der Waals surface area contributed by atoms with Gasteiger partial charge in [-0.25, -0.2) is 0 Å². The first-order valence-corrected chi connectivity index (χ1v) is 7.22. The van der Waals surface area contributed by atoms with Crippen LogP contribution in [0.3, 0.4) is 0 Å². The molecule has 2 rings (SSSR count). The molecule has 0 saturated heterocycles. The van der Waals surface area contributed by atoms with E-state index in [0.717, 1.165) is 22.4 Å². The van der Waals surface area contributed by atoms with Gasteiger partial charge in [-0.3, -0.25) is 9.67 Å². The van der Waals surface area contributed by atoms with Crippen LogP contribution in [0.15, 0.2) is 22.8 Å². The molecule has 0 aliphatic rings. The minimum atomic E-state index is -0.744. The molecule has 0 aliphatic carbocycles. The maximum absolute atomic E-state index is 10.3. The first kappa shape index (κ1) is 14.5. The van der Waals surface area contributed by atoms with Crippen LogP contribution in [-0.4, -0.2) is 19.9 Å². The van der Waals surface area contributed by atoms with Crippen LogP contribution in [0.25, 0.3) is 0 Å². The molecule has 2 aromatic heterocycles. The van der Waals surface area contributed by atoms with E-state index in [-0.39, 0.29) is 0 Å². The fourth-order valence-electron chi connectivity index (χ4n) is 1.99. The van der Waals surface area contributed by atoms with Gasteiger partial charge in [-0.15, -0.1) is 0 Å². The van der Waals surface area contributed by atoms with E-state index in [0.29, 0.717) is 17.1 Å². The Kier molecular flexibility index (Phi) is 4.60. The minimum absolute atomic E-state index is 0.423. The van der Waals surface area contributed by atoms with E-state index in [1.54, 1.807) is 18.3 Å². The first-order chi connectivity index (χ1) is 9.04. The number of halogens is 2. The van der Waals surface area contributed by atoms with Crippen LogP contribution in [0, 0.1) is 6.92 Å². The summed E-state index contributed by atoms with van der Waals surface area (Å²) in [6.45, 7) is 4.70. The standard InChI is InChI=1S/C13H15BrClN3O/c1-3-18-10(12(14)8(2)17-18)7-11(19)13-9(15)5-4-6-16-13/h4-6,11,19H,3,7H2,1-2H3. The fourth-order valence-corrected chi connectivity index (χ4v) is 2.68. The zero-order valence-electron chi connectivity index (χ0n) is 10.8. The summed E-state index contributed by atoms with van der Waals surface area (Å²) in [5.41, 5.74) is 2.36. The van der Waals surface area contributed by atoms with E-state index in [9.17, 15) is 5.11 Å². The van der Waals surface area contributed by atoms with Crippen molar-refractivity contribution in [2.75, 3.05) is 0 Å². The second-order valence-corrected chi connectivity index (χ2v) is 5.45. The topological polar surface area (TPSA) is 50.9 Å². The molecule has 0 saturated carbocycles. The van der Waals surface area contributed by atoms with Gasteiger partial charge in [0.25, 0.3) is 0 Å². The Morgan fingerprint density at radius 2 is 2.26 bits per heavy atom. The van der Waals surface area contributed by atoms with Crippen molar-refractivity contribution in [1.29, 1.82) is 0 Å². The molecule has 2 heterocycles. The molecular weight excluding hydrogens is 330 g/mol. The lowest BCUT2D eigenvalue weighted by atomic mass is 10.1. The van der Waals surface area contributed by atoms with E-state index in [2.05, 4.69) is 26.0 Å². The van der Waals surface area contributed by atoms with Gasteiger partial charge in [0.15, 0.2) is 0 Å². The predicted octanol–water partition coefficient (Wildman–Crippen LogP) is 3.30. The normalized spacial score (nSPS) is 12.7. The lowest BCUT2D eigenvalue weighted by Crippen LogP contribution is -2.10. The van der Waals surface area contributed by atoms with Gasteiger partial charge in [-0.2, -0.15) is 5.10 Å². The summed E-state index contributed by atoms with van der Waals surface area (Å²) in [5.74, 6) is 0. The molecule has 0 amide bonds. The third-order valence-corrected chi connectivity index (χ3v) is 4.29. The molecule has 2 aromatic rings. The molecule has 0 radical (unpaired) electrons. The fraction of sp³-hybridized carbons (Fsp3) is 0.385. The molecule has 0 spiro atoms. The molecule has 4 nitrogen and oxygen atoms in total. The summed E-state index contributed by atoms with van der Waals surface area (Å²) >= 11 is 9.56. The van der Waals surface area contributed by atoms with Crippen LogP contribution >= 0.6 is 27.5 Å². The summed E-state index contributed by atoms with van der Waals surface area (Å²) < 4.78 is 2.81. The van der Waals surface area contributed by atoms with E-state index in [4.69, 9.17) is 11.6 Å². The van der Waals surface area contributed by atoms with E-state index >= 15 is 0 Å². The third-order valence-electron chi connectivity index (χ3n) is 2.94. The van der Waals surface area contributed by atoms with E-state index in [1.807, 2.05) is 18.5 Å². The molecule has 0 aliphatic heterocycles. The number of pyridine rings is 1. The Morgan fingerprint density at radius 3 is 2.89 bits per heavy atom. The largest absolute Gasteiger partial charge is 0.386 e. The van der Waals surface area contributed by atoms with Gasteiger partial charge >= 0.3 is 0 Å². The molecule has 19 heavy (non-hydrogen) atoms. The van der Waals surface area contributed by atoms with Crippen molar-refractivity contribution in [2.24, 2.45) is 0 Å². The van der Waals surface area contributed by atoms with Gasteiger partial charge in [0, 0.05) is 19.2 Å². The molecule has 0 bridgehead atoms. The van der Waals surface area contributed by atoms with Crippen LogP contribution in [0.2, 0.25) is 5.02 Å². The SMILES string of the molecule is CCn1nc(C)c(Br)c1CC(O)c1ncccc1Cl. The quantitative estimate of drug-likeness (QED) is 0.926. The Labute approximate surface area is 125 Å². The number of hydrogen-bond donors (Lipinski definition) is 1. The zero-order chi connectivity index (χ0) is 14.0. The highest BCUT2D eigenvalue weighted by molar-refractivity contribution is 9.10. The highest BCUT2D eigenvalue weighted by Crippen LogP contribution is 2.28. The summed E-state index contributed by atoms with van der Waals surface area (Å²) in [5, 5.41) is 15.2. The van der Waals surface area contributed by atoms with Crippen molar-refractivity contribution in [3.63, 3.8) is 0 Å². The number of nitrogens with zero attached hydrogens (tertiary/aromatic N) is 3. The van der Waals surface area contributed by atoms with Gasteiger partial charge in [0.1, 0.15) is 6.10 Å². The number of hydrogen-bond acceptors (Lipinski definition) is 3. The maximum atomic E-state index is 10.3. The van der Waals surface area contributed by atoms with Gasteiger partial charge in [-0.1, -0.05) is 11.6 Å². The Bertz CT molecular complexity index is 585. The van der Waals surface area contributed by atoms with Crippen LogP contribution in [0.4, 0.5) is 0 Å². The molecule has 0 fully saturated rings. The number of aliphatic hydroxyl groups is 1. The number of aromatic nitrogens is 3. The predicted molar refractivity (Wildman–Crippen MR) is 78.2 cm³/mol. The third kappa shape index (κ3) is 2.99. The van der Waals surface area contributed by atoms with Crippen LogP contribution < -0.4 is 0 Å². The van der Waals surface area contributed by atoms with Crippen LogP contribution in [0.5, 0.6) is 0 Å². The lowest BCUT2D eigenvalue weighted by molar-refractivity contribution is 0.170. The minimum Gasteiger partial charge on any atom is -0.386 e. The molecule has 1 unspecified atom stereocenters. The van der Waals surface area contributed by atoms with E-state index in [1.165, 1.54) is 0 Å².